The molecule has 0 aromatic heterocycles. The van der Waals surface area contributed by atoms with Gasteiger partial charge in [0.2, 0.25) is 0 Å². The second kappa shape index (κ2) is 7.97. The number of hydrogen-bond acceptors (Lipinski definition) is 4. The second-order valence-electron chi connectivity index (χ2n) is 5.85. The van der Waals surface area contributed by atoms with E-state index in [1.165, 1.54) is 24.3 Å². The summed E-state index contributed by atoms with van der Waals surface area (Å²) in [5.74, 6) is -0.152. The highest BCUT2D eigenvalue weighted by molar-refractivity contribution is 5.95. The average Bonchev–Trinajstić information content (AvgIpc) is 2.68. The minimum absolute atomic E-state index is 0.0525. The Morgan fingerprint density at radius 2 is 1.92 bits per heavy atom. The van der Waals surface area contributed by atoms with Crippen LogP contribution in [0.25, 0.3) is 0 Å². The number of morpholine rings is 1. The molecular formula is C19H19FN2O4. The average molecular weight is 358 g/mol. The van der Waals surface area contributed by atoms with Crippen molar-refractivity contribution >= 4 is 17.5 Å². The number of amides is 2. The van der Waals surface area contributed by atoms with Crippen molar-refractivity contribution in [3.05, 3.63) is 59.9 Å². The van der Waals surface area contributed by atoms with E-state index < -0.39 is 5.82 Å². The second-order valence-corrected chi connectivity index (χ2v) is 5.85. The summed E-state index contributed by atoms with van der Waals surface area (Å²) < 4.78 is 23.5. The summed E-state index contributed by atoms with van der Waals surface area (Å²) in [7, 11) is 1.58. The van der Waals surface area contributed by atoms with Crippen LogP contribution in [0, 0.1) is 5.82 Å². The topological polar surface area (TPSA) is 67.9 Å². The summed E-state index contributed by atoms with van der Waals surface area (Å²) in [6.45, 7) is 0.522. The van der Waals surface area contributed by atoms with Gasteiger partial charge in [0.25, 0.3) is 11.8 Å². The molecule has 1 N–H and O–H groups in total. The van der Waals surface area contributed by atoms with E-state index in [0.717, 1.165) is 5.69 Å². The molecule has 6 nitrogen and oxygen atoms in total. The number of nitrogens with zero attached hydrogens (tertiary/aromatic N) is 1. The highest BCUT2D eigenvalue weighted by Gasteiger charge is 2.27. The number of halogens is 1. The van der Waals surface area contributed by atoms with Gasteiger partial charge in [-0.05, 0) is 48.5 Å². The van der Waals surface area contributed by atoms with Gasteiger partial charge in [-0.2, -0.15) is 0 Å². The molecule has 0 bridgehead atoms. The van der Waals surface area contributed by atoms with E-state index in [1.54, 1.807) is 36.3 Å². The molecule has 1 aliphatic rings. The van der Waals surface area contributed by atoms with E-state index in [0.29, 0.717) is 17.9 Å². The number of rotatable bonds is 5. The molecule has 1 heterocycles. The fraction of sp³-hybridized carbons (Fsp3) is 0.263. The number of ether oxygens (including phenoxy) is 2. The third-order valence-electron chi connectivity index (χ3n) is 4.11. The Hall–Kier alpha value is -2.93. The molecule has 1 atom stereocenters. The first-order valence-electron chi connectivity index (χ1n) is 8.16. The quantitative estimate of drug-likeness (QED) is 0.888. The van der Waals surface area contributed by atoms with E-state index in [2.05, 4.69) is 5.32 Å². The molecule has 0 radical (unpaired) electrons. The van der Waals surface area contributed by atoms with Crippen molar-refractivity contribution in [3.63, 3.8) is 0 Å². The van der Waals surface area contributed by atoms with Crippen molar-refractivity contribution in [1.29, 1.82) is 0 Å². The van der Waals surface area contributed by atoms with Gasteiger partial charge in [-0.15, -0.1) is 0 Å². The standard InChI is InChI=1S/C19H19FN2O4/c1-25-16-8-6-15(7-9-16)22-11-17(26-12-18(22)23)10-21-19(24)13-2-4-14(20)5-3-13/h2-9,17H,10-12H2,1H3,(H,21,24). The Labute approximate surface area is 150 Å². The zero-order valence-electron chi connectivity index (χ0n) is 14.3. The van der Waals surface area contributed by atoms with Crippen LogP contribution in [0.1, 0.15) is 10.4 Å². The molecule has 26 heavy (non-hydrogen) atoms. The first kappa shape index (κ1) is 17.9. The van der Waals surface area contributed by atoms with Gasteiger partial charge in [-0.25, -0.2) is 4.39 Å². The Morgan fingerprint density at radius 3 is 2.58 bits per heavy atom. The number of methoxy groups -OCH3 is 1. The van der Waals surface area contributed by atoms with Crippen LogP contribution in [0.3, 0.4) is 0 Å². The molecule has 2 aromatic rings. The van der Waals surface area contributed by atoms with Crippen LogP contribution in [0.2, 0.25) is 0 Å². The molecule has 2 aromatic carbocycles. The van der Waals surface area contributed by atoms with Crippen molar-refractivity contribution in [1.82, 2.24) is 5.32 Å². The highest BCUT2D eigenvalue weighted by Crippen LogP contribution is 2.22. The lowest BCUT2D eigenvalue weighted by Crippen LogP contribution is -2.50. The Bertz CT molecular complexity index is 777. The van der Waals surface area contributed by atoms with Crippen LogP contribution in [-0.2, 0) is 9.53 Å². The van der Waals surface area contributed by atoms with Crippen molar-refractivity contribution < 1.29 is 23.5 Å². The summed E-state index contributed by atoms with van der Waals surface area (Å²) in [6.07, 6.45) is -0.334. The molecule has 0 saturated carbocycles. The van der Waals surface area contributed by atoms with E-state index >= 15 is 0 Å². The number of anilines is 1. The number of hydrogen-bond donors (Lipinski definition) is 1. The smallest absolute Gasteiger partial charge is 0.253 e. The van der Waals surface area contributed by atoms with Crippen molar-refractivity contribution in [3.8, 4) is 5.75 Å². The summed E-state index contributed by atoms with van der Waals surface area (Å²) in [6, 6.07) is 12.5. The predicted octanol–water partition coefficient (Wildman–Crippen LogP) is 2.00. The molecule has 1 unspecified atom stereocenters. The number of benzene rings is 2. The molecule has 2 amide bonds. The van der Waals surface area contributed by atoms with Crippen LogP contribution >= 0.6 is 0 Å². The SMILES string of the molecule is COc1ccc(N2CC(CNC(=O)c3ccc(F)cc3)OCC2=O)cc1. The van der Waals surface area contributed by atoms with Gasteiger partial charge in [-0.1, -0.05) is 0 Å². The molecule has 136 valence electrons. The molecular weight excluding hydrogens is 339 g/mol. The van der Waals surface area contributed by atoms with E-state index in [-0.39, 0.29) is 31.1 Å². The van der Waals surface area contributed by atoms with Gasteiger partial charge < -0.3 is 19.7 Å². The van der Waals surface area contributed by atoms with Crippen molar-refractivity contribution in [2.24, 2.45) is 0 Å². The largest absolute Gasteiger partial charge is 0.497 e. The monoisotopic (exact) mass is 358 g/mol. The van der Waals surface area contributed by atoms with Crippen molar-refractivity contribution in [2.45, 2.75) is 6.10 Å². The minimum Gasteiger partial charge on any atom is -0.497 e. The van der Waals surface area contributed by atoms with Crippen LogP contribution in [-0.4, -0.2) is 44.7 Å². The summed E-state index contributed by atoms with van der Waals surface area (Å²) in [4.78, 5) is 25.9. The van der Waals surface area contributed by atoms with Crippen molar-refractivity contribution in [2.75, 3.05) is 31.7 Å². The molecule has 1 fully saturated rings. The van der Waals surface area contributed by atoms with Gasteiger partial charge >= 0.3 is 0 Å². The maximum Gasteiger partial charge on any atom is 0.253 e. The van der Waals surface area contributed by atoms with Crippen LogP contribution in [0.5, 0.6) is 5.75 Å². The maximum atomic E-state index is 12.9. The molecule has 3 rings (SSSR count). The highest BCUT2D eigenvalue weighted by atomic mass is 19.1. The van der Waals surface area contributed by atoms with Gasteiger partial charge in [0, 0.05) is 17.8 Å². The first-order valence-corrected chi connectivity index (χ1v) is 8.16. The molecule has 0 spiro atoms. The summed E-state index contributed by atoms with van der Waals surface area (Å²) in [5, 5.41) is 2.75. The molecule has 1 saturated heterocycles. The minimum atomic E-state index is -0.397. The predicted molar refractivity (Wildman–Crippen MR) is 93.8 cm³/mol. The third kappa shape index (κ3) is 4.18. The van der Waals surface area contributed by atoms with E-state index in [4.69, 9.17) is 9.47 Å². The lowest BCUT2D eigenvalue weighted by molar-refractivity contribution is -0.129. The Kier molecular flexibility index (Phi) is 5.48. The Morgan fingerprint density at radius 1 is 1.23 bits per heavy atom. The normalized spacial score (nSPS) is 17.1. The fourth-order valence-corrected chi connectivity index (χ4v) is 2.67. The van der Waals surface area contributed by atoms with Crippen LogP contribution in [0.15, 0.2) is 48.5 Å². The van der Waals surface area contributed by atoms with E-state index in [1.807, 2.05) is 0 Å². The molecule has 7 heteroatoms. The maximum absolute atomic E-state index is 12.9. The number of carbonyl (C=O) groups excluding carboxylic acids is 2. The van der Waals surface area contributed by atoms with Crippen LogP contribution < -0.4 is 15.0 Å². The third-order valence-corrected chi connectivity index (χ3v) is 4.11. The van der Waals surface area contributed by atoms with Crippen LogP contribution in [0.4, 0.5) is 10.1 Å². The lowest BCUT2D eigenvalue weighted by atomic mass is 10.2. The number of nitrogens with one attached hydrogen (secondary N) is 1. The fourth-order valence-electron chi connectivity index (χ4n) is 2.67. The van der Waals surface area contributed by atoms with Gasteiger partial charge in [0.15, 0.2) is 0 Å². The summed E-state index contributed by atoms with van der Waals surface area (Å²) >= 11 is 0. The zero-order valence-corrected chi connectivity index (χ0v) is 14.3. The Balaban J connectivity index is 1.59. The molecule has 1 aliphatic heterocycles. The zero-order chi connectivity index (χ0) is 18.5. The molecule has 0 aliphatic carbocycles. The van der Waals surface area contributed by atoms with E-state index in [9.17, 15) is 14.0 Å². The van der Waals surface area contributed by atoms with Gasteiger partial charge in [0.1, 0.15) is 18.2 Å². The van der Waals surface area contributed by atoms with Gasteiger partial charge in [0.05, 0.1) is 19.8 Å². The first-order chi connectivity index (χ1) is 12.6. The summed E-state index contributed by atoms with van der Waals surface area (Å²) in [5.41, 5.74) is 1.11. The number of carbonyl (C=O) groups is 2. The lowest BCUT2D eigenvalue weighted by Gasteiger charge is -2.33. The van der Waals surface area contributed by atoms with Gasteiger partial charge in [-0.3, -0.25) is 9.59 Å².